The number of H-pyrrole nitrogens is 1. The van der Waals surface area contributed by atoms with Gasteiger partial charge in [-0.1, -0.05) is 11.6 Å². The van der Waals surface area contributed by atoms with Crippen molar-refractivity contribution in [2.24, 2.45) is 5.41 Å². The lowest BCUT2D eigenvalue weighted by Crippen LogP contribution is -2.52. The number of ether oxygens (including phenoxy) is 1. The van der Waals surface area contributed by atoms with Crippen LogP contribution in [0.15, 0.2) is 20.2 Å². The van der Waals surface area contributed by atoms with E-state index >= 15 is 0 Å². The number of thioether (sulfide) groups is 1. The molecule has 1 spiro atoms. The molecule has 28 heavy (non-hydrogen) atoms. The van der Waals surface area contributed by atoms with E-state index in [1.807, 2.05) is 0 Å². The molecular weight excluding hydrogens is 470 g/mol. The van der Waals surface area contributed by atoms with Crippen molar-refractivity contribution in [3.8, 4) is 5.88 Å². The van der Waals surface area contributed by atoms with Gasteiger partial charge in [0.05, 0.1) is 39.7 Å². The summed E-state index contributed by atoms with van der Waals surface area (Å²) in [5.41, 5.74) is 0.197. The van der Waals surface area contributed by atoms with Crippen LogP contribution in [0.25, 0.3) is 10.9 Å². The molecule has 3 N–H and O–H groups in total. The second-order valence-corrected chi connectivity index (χ2v) is 9.78. The number of aliphatic hydroxyl groups excluding tert-OH is 1. The molecule has 1 aromatic carbocycles. The van der Waals surface area contributed by atoms with Gasteiger partial charge in [-0.05, 0) is 47.9 Å². The third kappa shape index (κ3) is 4.06. The zero-order chi connectivity index (χ0) is 19.9. The number of aromatic hydroxyl groups is 1. The number of halogens is 2. The molecule has 0 saturated carbocycles. The summed E-state index contributed by atoms with van der Waals surface area (Å²) in [7, 11) is 0. The molecular formula is C18H21BrClN3O4S. The lowest BCUT2D eigenvalue weighted by atomic mass is 9.77. The highest BCUT2D eigenvalue weighted by atomic mass is 79.9. The van der Waals surface area contributed by atoms with Gasteiger partial charge in [0.25, 0.3) is 0 Å². The molecule has 2 aliphatic heterocycles. The average Bonchev–Trinajstić information content (AvgIpc) is 2.62. The molecule has 1 unspecified atom stereocenters. The molecule has 4 rings (SSSR count). The molecule has 0 aliphatic carbocycles. The number of likely N-dealkylation sites (tertiary alicyclic amines) is 1. The Balaban J connectivity index is 1.43. The van der Waals surface area contributed by atoms with Crippen molar-refractivity contribution in [2.75, 3.05) is 38.6 Å². The third-order valence-corrected chi connectivity index (χ3v) is 8.34. The second kappa shape index (κ2) is 8.12. The molecule has 0 radical (unpaired) electrons. The number of hydrogen-bond donors (Lipinski definition) is 3. The van der Waals surface area contributed by atoms with Crippen LogP contribution < -0.4 is 5.69 Å². The molecule has 1 aromatic heterocycles. The number of β-amino-alcohol motifs (C(OH)–C–C–N with tert-alkyl or cyclic N) is 1. The minimum Gasteiger partial charge on any atom is -0.493 e. The number of benzene rings is 1. The highest BCUT2D eigenvalue weighted by Gasteiger charge is 2.41. The van der Waals surface area contributed by atoms with E-state index in [1.54, 1.807) is 6.07 Å². The topological polar surface area (TPSA) is 98.7 Å². The van der Waals surface area contributed by atoms with E-state index in [4.69, 9.17) is 16.3 Å². The lowest BCUT2D eigenvalue weighted by molar-refractivity contribution is -0.140. The minimum atomic E-state index is -0.635. The van der Waals surface area contributed by atoms with Crippen LogP contribution in [0.3, 0.4) is 0 Å². The van der Waals surface area contributed by atoms with Crippen LogP contribution in [0, 0.1) is 5.41 Å². The fourth-order valence-corrected chi connectivity index (χ4v) is 5.67. The molecule has 2 aliphatic rings. The van der Waals surface area contributed by atoms with E-state index in [2.05, 4.69) is 30.8 Å². The summed E-state index contributed by atoms with van der Waals surface area (Å²) in [5.74, 6) is 0.0713. The average molecular weight is 491 g/mol. The lowest BCUT2D eigenvalue weighted by Gasteiger charge is -2.47. The molecule has 1 atom stereocenters. The molecule has 152 valence electrons. The Morgan fingerprint density at radius 3 is 2.79 bits per heavy atom. The van der Waals surface area contributed by atoms with Gasteiger partial charge in [-0.3, -0.25) is 0 Å². The number of hydrogen-bond acceptors (Lipinski definition) is 7. The van der Waals surface area contributed by atoms with Gasteiger partial charge < -0.3 is 24.8 Å². The minimum absolute atomic E-state index is 0.363. The Morgan fingerprint density at radius 1 is 1.43 bits per heavy atom. The summed E-state index contributed by atoms with van der Waals surface area (Å²) < 4.78 is 5.97. The van der Waals surface area contributed by atoms with Gasteiger partial charge in [-0.15, -0.1) is 11.8 Å². The predicted molar refractivity (Wildman–Crippen MR) is 112 cm³/mol. The second-order valence-electron chi connectivity index (χ2n) is 7.55. The first-order chi connectivity index (χ1) is 13.4. The number of aliphatic hydroxyl groups is 1. The van der Waals surface area contributed by atoms with Gasteiger partial charge >= 0.3 is 5.69 Å². The molecule has 0 amide bonds. The van der Waals surface area contributed by atoms with Gasteiger partial charge in [-0.2, -0.15) is 4.98 Å². The zero-order valence-corrected chi connectivity index (χ0v) is 18.2. The number of nitrogens with one attached hydrogen (secondary N) is 1. The number of nitrogens with zero attached hydrogens (tertiary/aromatic N) is 2. The van der Waals surface area contributed by atoms with Gasteiger partial charge in [0, 0.05) is 22.6 Å². The summed E-state index contributed by atoms with van der Waals surface area (Å²) in [4.78, 5) is 20.8. The maximum Gasteiger partial charge on any atom is 0.348 e. The number of fused-ring (bicyclic) bond motifs is 1. The van der Waals surface area contributed by atoms with Gasteiger partial charge in [-0.25, -0.2) is 4.79 Å². The van der Waals surface area contributed by atoms with Crippen molar-refractivity contribution in [1.82, 2.24) is 14.9 Å². The first-order valence-electron chi connectivity index (χ1n) is 9.09. The van der Waals surface area contributed by atoms with E-state index in [-0.39, 0.29) is 5.88 Å². The fourth-order valence-electron chi connectivity index (χ4n) is 3.75. The summed E-state index contributed by atoms with van der Waals surface area (Å²) in [6.07, 6.45) is 1.70. The van der Waals surface area contributed by atoms with E-state index < -0.39 is 11.8 Å². The smallest absolute Gasteiger partial charge is 0.348 e. The van der Waals surface area contributed by atoms with Crippen molar-refractivity contribution in [3.05, 3.63) is 26.0 Å². The van der Waals surface area contributed by atoms with Crippen LogP contribution in [0.5, 0.6) is 5.88 Å². The Hall–Kier alpha value is -0.840. The quantitative estimate of drug-likeness (QED) is 0.554. The van der Waals surface area contributed by atoms with Crippen LogP contribution in [-0.4, -0.2) is 69.8 Å². The highest BCUT2D eigenvalue weighted by Crippen LogP contribution is 2.41. The van der Waals surface area contributed by atoms with Crippen LogP contribution >= 0.6 is 39.3 Å². The molecule has 2 saturated heterocycles. The van der Waals surface area contributed by atoms with E-state index in [1.165, 1.54) is 11.8 Å². The van der Waals surface area contributed by atoms with E-state index in [9.17, 15) is 15.0 Å². The largest absolute Gasteiger partial charge is 0.493 e. The Labute approximate surface area is 179 Å². The maximum atomic E-state index is 11.7. The van der Waals surface area contributed by atoms with Crippen molar-refractivity contribution in [3.63, 3.8) is 0 Å². The zero-order valence-electron chi connectivity index (χ0n) is 15.1. The number of aromatic amines is 1. The number of rotatable bonds is 5. The first-order valence-corrected chi connectivity index (χ1v) is 11.2. The summed E-state index contributed by atoms with van der Waals surface area (Å²) >= 11 is 11.1. The van der Waals surface area contributed by atoms with Crippen molar-refractivity contribution >= 4 is 50.2 Å². The third-order valence-electron chi connectivity index (χ3n) is 5.48. The summed E-state index contributed by atoms with van der Waals surface area (Å²) in [6.45, 7) is 4.29. The normalized spacial score (nSPS) is 20.4. The van der Waals surface area contributed by atoms with E-state index in [0.717, 1.165) is 39.1 Å². The summed E-state index contributed by atoms with van der Waals surface area (Å²) in [5, 5.41) is 21.3. The fraction of sp³-hybridized carbons (Fsp3) is 0.556. The van der Waals surface area contributed by atoms with Gasteiger partial charge in [0.2, 0.25) is 5.88 Å². The predicted octanol–water partition coefficient (Wildman–Crippen LogP) is 2.61. The first kappa shape index (κ1) is 20.4. The standard InChI is InChI=1S/C18H21BrClN3O4S/c19-13-12(20)5-11-14(21-17(26)22-16(11)25)15(13)28-7-10(24)6-23-3-1-18(2-4-23)8-27-9-18/h5,10,24H,1-4,6-9H2,(H2,21,22,25,26). The number of piperidine rings is 1. The van der Waals surface area contributed by atoms with Crippen molar-refractivity contribution in [2.45, 2.75) is 23.8 Å². The van der Waals surface area contributed by atoms with Gasteiger partial charge in [0.1, 0.15) is 0 Å². The van der Waals surface area contributed by atoms with Crippen LogP contribution in [0.1, 0.15) is 12.8 Å². The highest BCUT2D eigenvalue weighted by molar-refractivity contribution is 9.10. The SMILES string of the molecule is O=c1nc(O)c2cc(Cl)c(Br)c(SCC(O)CN3CCC4(CC3)COC4)c2[nH]1. The monoisotopic (exact) mass is 489 g/mol. The maximum absolute atomic E-state index is 11.7. The molecule has 2 aromatic rings. The molecule has 3 heterocycles. The van der Waals surface area contributed by atoms with Crippen LogP contribution in [0.2, 0.25) is 5.02 Å². The van der Waals surface area contributed by atoms with Crippen LogP contribution in [-0.2, 0) is 4.74 Å². The molecule has 7 nitrogen and oxygen atoms in total. The molecule has 0 bridgehead atoms. The Kier molecular flexibility index (Phi) is 5.93. The Morgan fingerprint density at radius 2 is 2.14 bits per heavy atom. The van der Waals surface area contributed by atoms with E-state index in [0.29, 0.717) is 43.0 Å². The molecule has 2 fully saturated rings. The van der Waals surface area contributed by atoms with Gasteiger partial charge in [0.15, 0.2) is 0 Å². The number of aromatic nitrogens is 2. The van der Waals surface area contributed by atoms with Crippen LogP contribution in [0.4, 0.5) is 0 Å². The Bertz CT molecular complexity index is 943. The summed E-state index contributed by atoms with van der Waals surface area (Å²) in [6, 6.07) is 1.55. The van der Waals surface area contributed by atoms with Crippen molar-refractivity contribution < 1.29 is 14.9 Å². The molecule has 10 heteroatoms. The van der Waals surface area contributed by atoms with Crippen molar-refractivity contribution in [1.29, 1.82) is 0 Å².